The SMILES string of the molecule is C=C(C)C(=O)OCCBr.C=CC(=O)OCCBr. The summed E-state index contributed by atoms with van der Waals surface area (Å²) in [7, 11) is 0. The van der Waals surface area contributed by atoms with Crippen molar-refractivity contribution in [1.82, 2.24) is 0 Å². The zero-order valence-corrected chi connectivity index (χ0v) is 12.9. The molecule has 0 saturated heterocycles. The maximum absolute atomic E-state index is 10.6. The minimum atomic E-state index is -0.371. The molecule has 98 valence electrons. The molecule has 0 atom stereocenters. The summed E-state index contributed by atoms with van der Waals surface area (Å²) in [6.45, 7) is 9.08. The first kappa shape index (κ1) is 18.7. The summed E-state index contributed by atoms with van der Waals surface area (Å²) in [6.07, 6.45) is 1.14. The van der Waals surface area contributed by atoms with Gasteiger partial charge in [-0.15, -0.1) is 0 Å². The van der Waals surface area contributed by atoms with Crippen LogP contribution >= 0.6 is 31.9 Å². The van der Waals surface area contributed by atoms with Crippen LogP contribution in [0.3, 0.4) is 0 Å². The van der Waals surface area contributed by atoms with Crippen molar-refractivity contribution < 1.29 is 19.1 Å². The van der Waals surface area contributed by atoms with Gasteiger partial charge in [-0.1, -0.05) is 45.0 Å². The van der Waals surface area contributed by atoms with Crippen LogP contribution in [0, 0.1) is 0 Å². The third kappa shape index (κ3) is 15.4. The maximum Gasteiger partial charge on any atom is 0.333 e. The molecule has 0 aliphatic heterocycles. The highest BCUT2D eigenvalue weighted by Gasteiger charge is 1.99. The van der Waals surface area contributed by atoms with Crippen molar-refractivity contribution >= 4 is 43.8 Å². The van der Waals surface area contributed by atoms with Crippen molar-refractivity contribution in [3.63, 3.8) is 0 Å². The summed E-state index contributed by atoms with van der Waals surface area (Å²) < 4.78 is 9.20. The fourth-order valence-corrected chi connectivity index (χ4v) is 0.776. The lowest BCUT2D eigenvalue weighted by Crippen LogP contribution is -2.06. The van der Waals surface area contributed by atoms with Crippen molar-refractivity contribution in [3.05, 3.63) is 24.8 Å². The van der Waals surface area contributed by atoms with E-state index < -0.39 is 0 Å². The summed E-state index contributed by atoms with van der Waals surface area (Å²) in [6, 6.07) is 0. The average Bonchev–Trinajstić information content (AvgIpc) is 2.33. The molecule has 0 bridgehead atoms. The van der Waals surface area contributed by atoms with Gasteiger partial charge in [-0.3, -0.25) is 0 Å². The fourth-order valence-electron chi connectivity index (χ4n) is 0.453. The van der Waals surface area contributed by atoms with Crippen LogP contribution in [0.25, 0.3) is 0 Å². The van der Waals surface area contributed by atoms with Crippen molar-refractivity contribution in [2.45, 2.75) is 6.92 Å². The van der Waals surface area contributed by atoms with Gasteiger partial charge in [0.25, 0.3) is 0 Å². The van der Waals surface area contributed by atoms with Crippen molar-refractivity contribution in [2.24, 2.45) is 0 Å². The lowest BCUT2D eigenvalue weighted by Gasteiger charge is -1.98. The topological polar surface area (TPSA) is 52.6 Å². The van der Waals surface area contributed by atoms with Crippen LogP contribution in [0.4, 0.5) is 0 Å². The van der Waals surface area contributed by atoms with Crippen LogP contribution in [0.5, 0.6) is 0 Å². The zero-order valence-electron chi connectivity index (χ0n) is 9.71. The minimum absolute atomic E-state index is 0.325. The number of ether oxygens (including phenoxy) is 2. The van der Waals surface area contributed by atoms with E-state index in [1.807, 2.05) is 0 Å². The Kier molecular flexibility index (Phi) is 14.8. The Morgan fingerprint density at radius 2 is 1.65 bits per heavy atom. The van der Waals surface area contributed by atoms with E-state index in [0.29, 0.717) is 29.4 Å². The quantitative estimate of drug-likeness (QED) is 0.409. The number of carbonyl (C=O) groups is 2. The third-order valence-corrected chi connectivity index (χ3v) is 1.79. The van der Waals surface area contributed by atoms with Crippen LogP contribution in [0.2, 0.25) is 0 Å². The molecule has 0 aliphatic carbocycles. The van der Waals surface area contributed by atoms with E-state index in [9.17, 15) is 9.59 Å². The predicted molar refractivity (Wildman–Crippen MR) is 74.5 cm³/mol. The largest absolute Gasteiger partial charge is 0.462 e. The molecule has 0 radical (unpaired) electrons. The number of hydrogen-bond acceptors (Lipinski definition) is 4. The summed E-state index contributed by atoms with van der Waals surface area (Å²) in [5.74, 6) is -0.695. The Hall–Kier alpha value is -0.620. The zero-order chi connectivity index (χ0) is 13.7. The Labute approximate surface area is 118 Å². The predicted octanol–water partition coefficient (Wildman–Crippen LogP) is 2.61. The van der Waals surface area contributed by atoms with E-state index in [1.165, 1.54) is 0 Å². The number of alkyl halides is 2. The highest BCUT2D eigenvalue weighted by atomic mass is 79.9. The van der Waals surface area contributed by atoms with Gasteiger partial charge in [0.2, 0.25) is 0 Å². The summed E-state index contributed by atoms with van der Waals surface area (Å²) in [5, 5.41) is 1.35. The molecule has 0 saturated carbocycles. The third-order valence-electron chi connectivity index (χ3n) is 1.15. The van der Waals surface area contributed by atoms with E-state index in [1.54, 1.807) is 6.92 Å². The molecule has 0 heterocycles. The van der Waals surface area contributed by atoms with Crippen LogP contribution < -0.4 is 0 Å². The van der Waals surface area contributed by atoms with Gasteiger partial charge in [-0.05, 0) is 6.92 Å². The van der Waals surface area contributed by atoms with Crippen LogP contribution in [0.15, 0.2) is 24.8 Å². The molecule has 0 aromatic rings. The van der Waals surface area contributed by atoms with Crippen molar-refractivity contribution in [1.29, 1.82) is 0 Å². The molecule has 0 fully saturated rings. The fraction of sp³-hybridized carbons (Fsp3) is 0.455. The first-order valence-electron chi connectivity index (χ1n) is 4.73. The molecular weight excluding hydrogens is 356 g/mol. The molecule has 0 aromatic heterocycles. The number of hydrogen-bond donors (Lipinski definition) is 0. The van der Waals surface area contributed by atoms with Gasteiger partial charge in [0, 0.05) is 22.3 Å². The second-order valence-electron chi connectivity index (χ2n) is 2.67. The highest BCUT2D eigenvalue weighted by Crippen LogP contribution is 1.92. The second-order valence-corrected chi connectivity index (χ2v) is 4.25. The van der Waals surface area contributed by atoms with E-state index in [4.69, 9.17) is 0 Å². The number of esters is 2. The molecule has 0 aliphatic rings. The van der Waals surface area contributed by atoms with E-state index in [2.05, 4.69) is 54.5 Å². The molecule has 17 heavy (non-hydrogen) atoms. The first-order valence-corrected chi connectivity index (χ1v) is 6.97. The molecule has 0 N–H and O–H groups in total. The number of rotatable bonds is 6. The Morgan fingerprint density at radius 3 is 2.00 bits per heavy atom. The van der Waals surface area contributed by atoms with Crippen molar-refractivity contribution in [2.75, 3.05) is 23.9 Å². The minimum Gasteiger partial charge on any atom is -0.462 e. The average molecular weight is 372 g/mol. The smallest absolute Gasteiger partial charge is 0.333 e. The highest BCUT2D eigenvalue weighted by molar-refractivity contribution is 9.09. The monoisotopic (exact) mass is 370 g/mol. The number of carbonyl (C=O) groups excluding carboxylic acids is 2. The standard InChI is InChI=1S/C6H9BrO2.C5H7BrO2/c1-5(2)6(8)9-4-3-7;1-2-5(7)8-4-3-6/h1,3-4H2,2H3;2H,1,3-4H2. The van der Waals surface area contributed by atoms with E-state index >= 15 is 0 Å². The summed E-state index contributed by atoms with van der Waals surface area (Å²) in [4.78, 5) is 20.8. The van der Waals surface area contributed by atoms with Gasteiger partial charge in [-0.2, -0.15) is 0 Å². The molecule has 0 rings (SSSR count). The summed E-state index contributed by atoms with van der Waals surface area (Å²) in [5.41, 5.74) is 0.441. The van der Waals surface area contributed by atoms with E-state index in [0.717, 1.165) is 6.08 Å². The summed E-state index contributed by atoms with van der Waals surface area (Å²) >= 11 is 6.22. The molecule has 0 aromatic carbocycles. The van der Waals surface area contributed by atoms with Gasteiger partial charge in [-0.25, -0.2) is 9.59 Å². The molecule has 4 nitrogen and oxygen atoms in total. The van der Waals surface area contributed by atoms with Crippen LogP contribution in [-0.2, 0) is 19.1 Å². The maximum atomic E-state index is 10.6. The molecule has 0 spiro atoms. The lowest BCUT2D eigenvalue weighted by molar-refractivity contribution is -0.138. The molecule has 0 unspecified atom stereocenters. The van der Waals surface area contributed by atoms with E-state index in [-0.39, 0.29) is 11.9 Å². The van der Waals surface area contributed by atoms with Gasteiger partial charge in [0.15, 0.2) is 0 Å². The number of halogens is 2. The van der Waals surface area contributed by atoms with Gasteiger partial charge < -0.3 is 9.47 Å². The van der Waals surface area contributed by atoms with Gasteiger partial charge >= 0.3 is 11.9 Å². The molecule has 6 heteroatoms. The molecule has 0 amide bonds. The van der Waals surface area contributed by atoms with Crippen LogP contribution in [-0.4, -0.2) is 35.8 Å². The normalized spacial score (nSPS) is 8.41. The lowest BCUT2D eigenvalue weighted by atomic mass is 10.4. The van der Waals surface area contributed by atoms with Gasteiger partial charge in [0.05, 0.1) is 0 Å². The second kappa shape index (κ2) is 13.4. The molecular formula is C11H16Br2O4. The van der Waals surface area contributed by atoms with Crippen molar-refractivity contribution in [3.8, 4) is 0 Å². The Bertz CT molecular complexity index is 264. The first-order chi connectivity index (χ1) is 7.99. The Balaban J connectivity index is 0. The van der Waals surface area contributed by atoms with Gasteiger partial charge in [0.1, 0.15) is 13.2 Å². The Morgan fingerprint density at radius 1 is 1.18 bits per heavy atom. The van der Waals surface area contributed by atoms with Crippen LogP contribution in [0.1, 0.15) is 6.92 Å².